The lowest BCUT2D eigenvalue weighted by Gasteiger charge is -2.31. The fourth-order valence-corrected chi connectivity index (χ4v) is 4.17. The highest BCUT2D eigenvalue weighted by Gasteiger charge is 2.34. The maximum Gasteiger partial charge on any atom is 0.337 e. The van der Waals surface area contributed by atoms with Gasteiger partial charge in [-0.05, 0) is 38.8 Å². The smallest absolute Gasteiger partial charge is 0.337 e. The number of carbonyl (C=O) groups is 2. The molecule has 1 aromatic carbocycles. The van der Waals surface area contributed by atoms with Crippen molar-refractivity contribution in [3.05, 3.63) is 29.8 Å². The number of nitrogens with one attached hydrogen (secondary N) is 1. The number of hydrogen-bond acceptors (Lipinski definition) is 5. The Kier molecular flexibility index (Phi) is 6.05. The second-order valence-corrected chi connectivity index (χ2v) is 8.73. The van der Waals surface area contributed by atoms with Gasteiger partial charge in [0.1, 0.15) is 0 Å². The molecule has 3 N–H and O–H groups in total. The Bertz CT molecular complexity index is 765. The SMILES string of the molecule is Cc1ccc(S(=O)(=O)N2CCC(C(=O)NCC(C)(O)C(=O)O)CC2)cc1. The summed E-state index contributed by atoms with van der Waals surface area (Å²) in [6.07, 6.45) is 0.679. The molecule has 0 aliphatic carbocycles. The number of aryl methyl sites for hydroxylation is 1. The van der Waals surface area contributed by atoms with Gasteiger partial charge in [0.25, 0.3) is 0 Å². The predicted octanol–water partition coefficient (Wildman–Crippen LogP) is 0.348. The molecule has 26 heavy (non-hydrogen) atoms. The number of amides is 1. The average Bonchev–Trinajstić information content (AvgIpc) is 2.60. The molecule has 0 spiro atoms. The molecule has 1 aliphatic heterocycles. The summed E-state index contributed by atoms with van der Waals surface area (Å²) in [6.45, 7) is 3.00. The largest absolute Gasteiger partial charge is 0.479 e. The lowest BCUT2D eigenvalue weighted by molar-refractivity contribution is -0.156. The maximum absolute atomic E-state index is 12.6. The predicted molar refractivity (Wildman–Crippen MR) is 93.9 cm³/mol. The summed E-state index contributed by atoms with van der Waals surface area (Å²) in [5.41, 5.74) is -1.07. The highest BCUT2D eigenvalue weighted by atomic mass is 32.2. The van der Waals surface area contributed by atoms with E-state index in [1.807, 2.05) is 6.92 Å². The molecule has 1 saturated heterocycles. The van der Waals surface area contributed by atoms with Crippen molar-refractivity contribution in [3.63, 3.8) is 0 Å². The Labute approximate surface area is 152 Å². The van der Waals surface area contributed by atoms with Crippen LogP contribution in [-0.4, -0.2) is 60.0 Å². The number of benzene rings is 1. The summed E-state index contributed by atoms with van der Waals surface area (Å²) in [4.78, 5) is 23.2. The van der Waals surface area contributed by atoms with Crippen molar-refractivity contribution in [1.82, 2.24) is 9.62 Å². The number of aliphatic hydroxyl groups is 1. The zero-order valence-corrected chi connectivity index (χ0v) is 15.6. The van der Waals surface area contributed by atoms with Crippen molar-refractivity contribution in [2.75, 3.05) is 19.6 Å². The van der Waals surface area contributed by atoms with Crippen molar-refractivity contribution < 1.29 is 28.2 Å². The first-order valence-corrected chi connectivity index (χ1v) is 9.78. The Hall–Kier alpha value is -1.97. The Morgan fingerprint density at radius 2 is 1.77 bits per heavy atom. The number of hydrogen-bond donors (Lipinski definition) is 3. The van der Waals surface area contributed by atoms with E-state index in [9.17, 15) is 23.1 Å². The van der Waals surface area contributed by atoms with Gasteiger partial charge in [0.05, 0.1) is 11.4 Å². The van der Waals surface area contributed by atoms with Gasteiger partial charge in [-0.2, -0.15) is 4.31 Å². The molecule has 1 amide bonds. The fraction of sp³-hybridized carbons (Fsp3) is 0.529. The molecule has 1 heterocycles. The third-order valence-corrected chi connectivity index (χ3v) is 6.46. The van der Waals surface area contributed by atoms with Gasteiger partial charge in [-0.3, -0.25) is 4.79 Å². The minimum absolute atomic E-state index is 0.212. The van der Waals surface area contributed by atoms with Crippen LogP contribution in [0.5, 0.6) is 0 Å². The molecule has 1 unspecified atom stereocenters. The Balaban J connectivity index is 1.93. The second kappa shape index (κ2) is 7.73. The van der Waals surface area contributed by atoms with E-state index < -0.39 is 34.1 Å². The Morgan fingerprint density at radius 3 is 2.27 bits per heavy atom. The van der Waals surface area contributed by atoms with Crippen molar-refractivity contribution in [1.29, 1.82) is 0 Å². The molecular formula is C17H24N2O6S. The normalized spacial score (nSPS) is 18.9. The number of sulfonamides is 1. The van der Waals surface area contributed by atoms with Crippen LogP contribution in [-0.2, 0) is 19.6 Å². The quantitative estimate of drug-likeness (QED) is 0.650. The highest BCUT2D eigenvalue weighted by molar-refractivity contribution is 7.89. The van der Waals surface area contributed by atoms with E-state index in [2.05, 4.69) is 5.32 Å². The van der Waals surface area contributed by atoms with Crippen molar-refractivity contribution in [2.45, 2.75) is 37.2 Å². The van der Waals surface area contributed by atoms with Crippen molar-refractivity contribution in [3.8, 4) is 0 Å². The maximum atomic E-state index is 12.6. The monoisotopic (exact) mass is 384 g/mol. The van der Waals surface area contributed by atoms with E-state index in [0.717, 1.165) is 12.5 Å². The fourth-order valence-electron chi connectivity index (χ4n) is 2.70. The number of carboxylic acids is 1. The minimum atomic E-state index is -3.59. The van der Waals surface area contributed by atoms with Gasteiger partial charge in [-0.25, -0.2) is 13.2 Å². The van der Waals surface area contributed by atoms with E-state index in [1.54, 1.807) is 24.3 Å². The van der Waals surface area contributed by atoms with Gasteiger partial charge in [0, 0.05) is 19.0 Å². The Morgan fingerprint density at radius 1 is 1.23 bits per heavy atom. The second-order valence-electron chi connectivity index (χ2n) is 6.79. The number of nitrogens with zero attached hydrogens (tertiary/aromatic N) is 1. The van der Waals surface area contributed by atoms with Gasteiger partial charge in [0.15, 0.2) is 5.60 Å². The molecular weight excluding hydrogens is 360 g/mol. The highest BCUT2D eigenvalue weighted by Crippen LogP contribution is 2.24. The van der Waals surface area contributed by atoms with E-state index in [1.165, 1.54) is 4.31 Å². The summed E-state index contributed by atoms with van der Waals surface area (Å²) >= 11 is 0. The average molecular weight is 384 g/mol. The van der Waals surface area contributed by atoms with Gasteiger partial charge in [-0.15, -0.1) is 0 Å². The van der Waals surface area contributed by atoms with Crippen LogP contribution in [0, 0.1) is 12.8 Å². The minimum Gasteiger partial charge on any atom is -0.479 e. The summed E-state index contributed by atoms with van der Waals surface area (Å²) in [7, 11) is -3.59. The number of carboxylic acid groups (broad SMARTS) is 1. The summed E-state index contributed by atoms with van der Waals surface area (Å²) in [5, 5.41) is 20.9. The standard InChI is InChI=1S/C17H24N2O6S/c1-12-3-5-14(6-4-12)26(24,25)19-9-7-13(8-10-19)15(20)18-11-17(2,23)16(21)22/h3-6,13,23H,7-11H2,1-2H3,(H,18,20)(H,21,22). The third kappa shape index (κ3) is 4.60. The van der Waals surface area contributed by atoms with Crippen LogP contribution >= 0.6 is 0 Å². The molecule has 9 heteroatoms. The molecule has 1 atom stereocenters. The van der Waals surface area contributed by atoms with Crippen LogP contribution in [0.1, 0.15) is 25.3 Å². The van der Waals surface area contributed by atoms with E-state index in [0.29, 0.717) is 12.8 Å². The molecule has 0 radical (unpaired) electrons. The van der Waals surface area contributed by atoms with Crippen LogP contribution in [0.15, 0.2) is 29.2 Å². The molecule has 144 valence electrons. The van der Waals surface area contributed by atoms with Gasteiger partial charge in [-0.1, -0.05) is 17.7 Å². The molecule has 2 rings (SSSR count). The van der Waals surface area contributed by atoms with Crippen LogP contribution in [0.3, 0.4) is 0 Å². The van der Waals surface area contributed by atoms with Crippen LogP contribution in [0.25, 0.3) is 0 Å². The summed E-state index contributed by atoms with van der Waals surface area (Å²) in [6, 6.07) is 6.61. The van der Waals surface area contributed by atoms with Gasteiger partial charge >= 0.3 is 5.97 Å². The van der Waals surface area contributed by atoms with Crippen molar-refractivity contribution >= 4 is 21.9 Å². The zero-order chi connectivity index (χ0) is 19.5. The summed E-state index contributed by atoms with van der Waals surface area (Å²) in [5.74, 6) is -2.21. The molecule has 1 aromatic rings. The van der Waals surface area contributed by atoms with Gasteiger partial charge in [0.2, 0.25) is 15.9 Å². The molecule has 1 fully saturated rings. The number of aliphatic carboxylic acids is 1. The number of piperidine rings is 1. The lowest BCUT2D eigenvalue weighted by Crippen LogP contribution is -2.49. The topological polar surface area (TPSA) is 124 Å². The lowest BCUT2D eigenvalue weighted by atomic mass is 9.97. The van der Waals surface area contributed by atoms with Crippen LogP contribution < -0.4 is 5.32 Å². The van der Waals surface area contributed by atoms with Gasteiger partial charge < -0.3 is 15.5 Å². The van der Waals surface area contributed by atoms with E-state index in [4.69, 9.17) is 5.11 Å². The van der Waals surface area contributed by atoms with E-state index >= 15 is 0 Å². The zero-order valence-electron chi connectivity index (χ0n) is 14.8. The first-order valence-electron chi connectivity index (χ1n) is 8.34. The van der Waals surface area contributed by atoms with Crippen LogP contribution in [0.4, 0.5) is 0 Å². The van der Waals surface area contributed by atoms with E-state index in [-0.39, 0.29) is 23.9 Å². The number of rotatable bonds is 6. The molecule has 0 aromatic heterocycles. The molecule has 0 bridgehead atoms. The van der Waals surface area contributed by atoms with Crippen molar-refractivity contribution in [2.24, 2.45) is 5.92 Å². The first-order chi connectivity index (χ1) is 12.0. The number of carbonyl (C=O) groups excluding carboxylic acids is 1. The molecule has 8 nitrogen and oxygen atoms in total. The summed E-state index contributed by atoms with van der Waals surface area (Å²) < 4.78 is 26.6. The first kappa shape index (κ1) is 20.3. The molecule has 1 aliphatic rings. The molecule has 0 saturated carbocycles. The third-order valence-electron chi connectivity index (χ3n) is 4.55. The van der Waals surface area contributed by atoms with Crippen LogP contribution in [0.2, 0.25) is 0 Å².